The zero-order valence-corrected chi connectivity index (χ0v) is 13.6. The van der Waals surface area contributed by atoms with Gasteiger partial charge in [0.15, 0.2) is 0 Å². The van der Waals surface area contributed by atoms with Crippen molar-refractivity contribution in [1.82, 2.24) is 4.90 Å². The fourth-order valence-corrected chi connectivity index (χ4v) is 4.11. The summed E-state index contributed by atoms with van der Waals surface area (Å²) in [5.74, 6) is 1.99. The monoisotopic (exact) mass is 313 g/mol. The van der Waals surface area contributed by atoms with E-state index in [4.69, 9.17) is 4.74 Å². The third kappa shape index (κ3) is 2.97. The molecular formula is C19H23NO3. The standard InChI is InChI=1S/C19H23NO3/c1-2-23-18(22)19-10-6-9-16(17(19)13-21)12-20(14-19)11-15-7-4-3-5-8-15/h3-5,7-8,16H,2,6,9-12,14H2,1H3. The number of piperidine rings is 1. The number of likely N-dealkylation sites (tertiary alicyclic amines) is 1. The van der Waals surface area contributed by atoms with Gasteiger partial charge in [0, 0.05) is 31.1 Å². The van der Waals surface area contributed by atoms with Crippen molar-refractivity contribution in [3.05, 3.63) is 41.5 Å². The lowest BCUT2D eigenvalue weighted by molar-refractivity contribution is -0.158. The first-order valence-corrected chi connectivity index (χ1v) is 8.38. The summed E-state index contributed by atoms with van der Waals surface area (Å²) in [6.07, 6.45) is 2.61. The second kappa shape index (κ2) is 6.69. The quantitative estimate of drug-likeness (QED) is 0.633. The molecule has 2 atom stereocenters. The normalized spacial score (nSPS) is 27.3. The number of esters is 1. The van der Waals surface area contributed by atoms with Gasteiger partial charge in [-0.05, 0) is 25.3 Å². The van der Waals surface area contributed by atoms with E-state index in [-0.39, 0.29) is 11.9 Å². The van der Waals surface area contributed by atoms with Crippen LogP contribution in [0.2, 0.25) is 0 Å². The molecule has 2 unspecified atom stereocenters. The molecular weight excluding hydrogens is 290 g/mol. The van der Waals surface area contributed by atoms with E-state index in [9.17, 15) is 9.59 Å². The largest absolute Gasteiger partial charge is 0.465 e. The molecule has 4 nitrogen and oxygen atoms in total. The van der Waals surface area contributed by atoms with E-state index in [1.54, 1.807) is 0 Å². The van der Waals surface area contributed by atoms with E-state index < -0.39 is 5.41 Å². The number of hydrogen-bond acceptors (Lipinski definition) is 4. The highest BCUT2D eigenvalue weighted by Crippen LogP contribution is 2.48. The van der Waals surface area contributed by atoms with Crippen LogP contribution in [-0.2, 0) is 20.9 Å². The number of nitrogens with zero attached hydrogens (tertiary/aromatic N) is 1. The maximum absolute atomic E-state index is 12.6. The fraction of sp³-hybridized carbons (Fsp3) is 0.526. The van der Waals surface area contributed by atoms with Crippen LogP contribution < -0.4 is 0 Å². The Morgan fingerprint density at radius 3 is 2.87 bits per heavy atom. The minimum absolute atomic E-state index is 0.128. The first-order chi connectivity index (χ1) is 11.2. The highest BCUT2D eigenvalue weighted by Gasteiger charge is 2.53. The molecule has 1 heterocycles. The Kier molecular flexibility index (Phi) is 4.65. The van der Waals surface area contributed by atoms with Crippen molar-refractivity contribution in [2.45, 2.75) is 32.7 Å². The topological polar surface area (TPSA) is 46.6 Å². The van der Waals surface area contributed by atoms with Crippen molar-refractivity contribution in [3.63, 3.8) is 0 Å². The number of hydrogen-bond donors (Lipinski definition) is 0. The number of benzene rings is 1. The Morgan fingerprint density at radius 1 is 1.39 bits per heavy atom. The summed E-state index contributed by atoms with van der Waals surface area (Å²) in [5, 5.41) is 0. The summed E-state index contributed by atoms with van der Waals surface area (Å²) in [7, 11) is 0. The smallest absolute Gasteiger partial charge is 0.318 e. The van der Waals surface area contributed by atoms with Gasteiger partial charge < -0.3 is 4.74 Å². The lowest BCUT2D eigenvalue weighted by Gasteiger charge is -2.48. The number of ether oxygens (including phenoxy) is 1. The van der Waals surface area contributed by atoms with Gasteiger partial charge in [-0.25, -0.2) is 4.79 Å². The highest BCUT2D eigenvalue weighted by atomic mass is 16.5. The van der Waals surface area contributed by atoms with Gasteiger partial charge in [0.05, 0.1) is 6.61 Å². The summed E-state index contributed by atoms with van der Waals surface area (Å²) in [6, 6.07) is 10.2. The predicted molar refractivity (Wildman–Crippen MR) is 87.3 cm³/mol. The van der Waals surface area contributed by atoms with Crippen molar-refractivity contribution in [1.29, 1.82) is 0 Å². The average Bonchev–Trinajstić information content (AvgIpc) is 2.55. The molecule has 23 heavy (non-hydrogen) atoms. The van der Waals surface area contributed by atoms with Crippen LogP contribution in [0.15, 0.2) is 35.9 Å². The molecule has 1 saturated carbocycles. The Hall–Kier alpha value is -1.90. The van der Waals surface area contributed by atoms with Gasteiger partial charge in [-0.2, -0.15) is 0 Å². The van der Waals surface area contributed by atoms with Gasteiger partial charge in [-0.15, -0.1) is 0 Å². The second-order valence-corrected chi connectivity index (χ2v) is 6.56. The number of carbonyl (C=O) groups is 1. The van der Waals surface area contributed by atoms with Crippen LogP contribution in [0.1, 0.15) is 31.7 Å². The minimum Gasteiger partial charge on any atom is -0.465 e. The Labute approximate surface area is 137 Å². The summed E-state index contributed by atoms with van der Waals surface area (Å²) in [6.45, 7) is 4.33. The van der Waals surface area contributed by atoms with E-state index >= 15 is 0 Å². The molecule has 1 saturated heterocycles. The van der Waals surface area contributed by atoms with Crippen molar-refractivity contribution in [2.24, 2.45) is 11.3 Å². The van der Waals surface area contributed by atoms with Crippen LogP contribution in [0.5, 0.6) is 0 Å². The van der Waals surface area contributed by atoms with Gasteiger partial charge in [0.2, 0.25) is 0 Å². The SMILES string of the molecule is CCOC(=O)C12CCCC(CN(Cc3ccccc3)C1)C2=C=O. The van der Waals surface area contributed by atoms with Gasteiger partial charge in [-0.3, -0.25) is 9.69 Å². The first-order valence-electron chi connectivity index (χ1n) is 8.38. The van der Waals surface area contributed by atoms with Crippen LogP contribution in [0.3, 0.4) is 0 Å². The second-order valence-electron chi connectivity index (χ2n) is 6.56. The molecule has 1 aromatic carbocycles. The van der Waals surface area contributed by atoms with Crippen molar-refractivity contribution < 1.29 is 14.3 Å². The molecule has 0 aromatic heterocycles. The lowest BCUT2D eigenvalue weighted by atomic mass is 9.63. The zero-order valence-electron chi connectivity index (χ0n) is 13.6. The van der Waals surface area contributed by atoms with Crippen LogP contribution >= 0.6 is 0 Å². The van der Waals surface area contributed by atoms with Gasteiger partial charge in [0.1, 0.15) is 11.4 Å². The van der Waals surface area contributed by atoms with Crippen molar-refractivity contribution in [3.8, 4) is 0 Å². The lowest BCUT2D eigenvalue weighted by Crippen LogP contribution is -2.55. The summed E-state index contributed by atoms with van der Waals surface area (Å²) in [4.78, 5) is 26.5. The fourth-order valence-electron chi connectivity index (χ4n) is 4.11. The van der Waals surface area contributed by atoms with Gasteiger partial charge >= 0.3 is 5.97 Å². The molecule has 0 amide bonds. The minimum atomic E-state index is -0.784. The van der Waals surface area contributed by atoms with Crippen LogP contribution in [0.25, 0.3) is 0 Å². The molecule has 0 N–H and O–H groups in total. The zero-order chi connectivity index (χ0) is 16.3. The molecule has 1 aromatic rings. The number of rotatable bonds is 4. The maximum atomic E-state index is 12.6. The van der Waals surface area contributed by atoms with Crippen LogP contribution in [0.4, 0.5) is 0 Å². The third-order valence-corrected chi connectivity index (χ3v) is 5.08. The predicted octanol–water partition coefficient (Wildman–Crippen LogP) is 2.61. The number of fused-ring (bicyclic) bond motifs is 2. The molecule has 2 bridgehead atoms. The van der Waals surface area contributed by atoms with E-state index in [0.29, 0.717) is 25.1 Å². The molecule has 2 fully saturated rings. The van der Waals surface area contributed by atoms with Crippen LogP contribution in [-0.4, -0.2) is 36.5 Å². The van der Waals surface area contributed by atoms with Crippen molar-refractivity contribution in [2.75, 3.05) is 19.7 Å². The van der Waals surface area contributed by atoms with E-state index in [2.05, 4.69) is 23.0 Å². The van der Waals surface area contributed by atoms with Gasteiger partial charge in [-0.1, -0.05) is 36.8 Å². The van der Waals surface area contributed by atoms with E-state index in [0.717, 1.165) is 25.9 Å². The number of carbonyl (C=O) groups excluding carboxylic acids is 2. The Balaban J connectivity index is 1.88. The molecule has 3 rings (SSSR count). The molecule has 1 aliphatic heterocycles. The first kappa shape index (κ1) is 16.0. The van der Waals surface area contributed by atoms with Gasteiger partial charge in [0.25, 0.3) is 0 Å². The Bertz CT molecular complexity index is 621. The molecule has 1 aliphatic carbocycles. The van der Waals surface area contributed by atoms with E-state index in [1.807, 2.05) is 25.1 Å². The molecule has 4 heteroatoms. The third-order valence-electron chi connectivity index (χ3n) is 5.08. The van der Waals surface area contributed by atoms with Crippen LogP contribution in [0, 0.1) is 11.3 Å². The molecule has 0 spiro atoms. The Morgan fingerprint density at radius 2 is 2.17 bits per heavy atom. The average molecular weight is 313 g/mol. The summed E-state index contributed by atoms with van der Waals surface area (Å²) < 4.78 is 5.32. The van der Waals surface area contributed by atoms with Crippen molar-refractivity contribution >= 4 is 11.9 Å². The molecule has 0 radical (unpaired) electrons. The maximum Gasteiger partial charge on any atom is 0.318 e. The summed E-state index contributed by atoms with van der Waals surface area (Å²) in [5.41, 5.74) is 1.09. The summed E-state index contributed by atoms with van der Waals surface area (Å²) >= 11 is 0. The highest BCUT2D eigenvalue weighted by molar-refractivity contribution is 5.85. The van der Waals surface area contributed by atoms with E-state index in [1.165, 1.54) is 5.56 Å². The molecule has 122 valence electrons. The molecule has 2 aliphatic rings.